The molecule has 0 aromatic heterocycles. The standard InChI is InChI=1S/C19H19N2/c1-15(19-20-12-13-21-19)14-18(16-8-4-2-5-9-16)17-10-6-3-7-11-17/h2-13,15,18H,14H2,1H3/q+1. The van der Waals surface area contributed by atoms with Gasteiger partial charge in [0.15, 0.2) is 12.4 Å². The van der Waals surface area contributed by atoms with Crippen molar-refractivity contribution < 1.29 is 0 Å². The maximum atomic E-state index is 4.35. The molecular formula is C19H19N2+. The van der Waals surface area contributed by atoms with Crippen LogP contribution in [0.25, 0.3) is 0 Å². The average Bonchev–Trinajstić information content (AvgIpc) is 3.09. The minimum Gasteiger partial charge on any atom is -0.0965 e. The number of aliphatic imine (C=N–C) groups is 2. The summed E-state index contributed by atoms with van der Waals surface area (Å²) < 4.78 is 0. The maximum absolute atomic E-state index is 4.35. The zero-order valence-electron chi connectivity index (χ0n) is 12.2. The normalized spacial score (nSPS) is 14.9. The SMILES string of the molecule is CC(CC(c1ccccc1)c1ccccc1)[C+]1N=CC=N1. The summed E-state index contributed by atoms with van der Waals surface area (Å²) in [5.41, 5.74) is 2.70. The Balaban J connectivity index is 1.86. The molecule has 0 bridgehead atoms. The lowest BCUT2D eigenvalue weighted by Gasteiger charge is -2.21. The number of benzene rings is 2. The molecule has 0 aliphatic carbocycles. The van der Waals surface area contributed by atoms with Crippen LogP contribution in [0.15, 0.2) is 70.6 Å². The Kier molecular flexibility index (Phi) is 4.15. The van der Waals surface area contributed by atoms with Gasteiger partial charge in [-0.3, -0.25) is 0 Å². The molecule has 104 valence electrons. The second-order valence-corrected chi connectivity index (χ2v) is 5.43. The zero-order chi connectivity index (χ0) is 14.5. The molecule has 21 heavy (non-hydrogen) atoms. The quantitative estimate of drug-likeness (QED) is 0.718. The van der Waals surface area contributed by atoms with Gasteiger partial charge in [-0.15, -0.1) is 0 Å². The first-order valence-electron chi connectivity index (χ1n) is 7.38. The Morgan fingerprint density at radius 2 is 1.29 bits per heavy atom. The summed E-state index contributed by atoms with van der Waals surface area (Å²) in [5, 5.41) is 0. The first-order chi connectivity index (χ1) is 10.3. The van der Waals surface area contributed by atoms with Crippen LogP contribution in [-0.2, 0) is 0 Å². The lowest BCUT2D eigenvalue weighted by atomic mass is 9.83. The first-order valence-corrected chi connectivity index (χ1v) is 7.38. The first kappa shape index (κ1) is 13.6. The predicted octanol–water partition coefficient (Wildman–Crippen LogP) is 4.49. The van der Waals surface area contributed by atoms with Crippen LogP contribution in [0.1, 0.15) is 30.4 Å². The third kappa shape index (κ3) is 3.22. The second-order valence-electron chi connectivity index (χ2n) is 5.43. The molecule has 0 saturated heterocycles. The van der Waals surface area contributed by atoms with Gasteiger partial charge in [-0.05, 0) is 24.5 Å². The summed E-state index contributed by atoms with van der Waals surface area (Å²) in [4.78, 5) is 8.69. The molecule has 1 aliphatic heterocycles. The van der Waals surface area contributed by atoms with Crippen LogP contribution in [0.3, 0.4) is 0 Å². The fourth-order valence-corrected chi connectivity index (χ4v) is 2.80. The molecule has 0 spiro atoms. The molecule has 2 aromatic rings. The molecule has 0 amide bonds. The highest BCUT2D eigenvalue weighted by Gasteiger charge is 2.28. The van der Waals surface area contributed by atoms with Gasteiger partial charge in [0.25, 0.3) is 0 Å². The van der Waals surface area contributed by atoms with E-state index in [0.717, 1.165) is 12.6 Å². The molecule has 0 fully saturated rings. The van der Waals surface area contributed by atoms with E-state index in [1.807, 2.05) is 0 Å². The third-order valence-corrected chi connectivity index (χ3v) is 3.91. The number of rotatable bonds is 5. The van der Waals surface area contributed by atoms with Crippen LogP contribution in [0.5, 0.6) is 0 Å². The van der Waals surface area contributed by atoms with Crippen LogP contribution in [0.4, 0.5) is 0 Å². The Morgan fingerprint density at radius 1 is 0.810 bits per heavy atom. The monoisotopic (exact) mass is 275 g/mol. The highest BCUT2D eigenvalue weighted by Crippen LogP contribution is 2.35. The minimum absolute atomic E-state index is 0.338. The van der Waals surface area contributed by atoms with Crippen molar-refractivity contribution in [1.82, 2.24) is 0 Å². The smallest absolute Gasteiger partial charge is 0.0965 e. The largest absolute Gasteiger partial charge is 0.243 e. The average molecular weight is 275 g/mol. The van der Waals surface area contributed by atoms with E-state index in [0.29, 0.717) is 11.8 Å². The van der Waals surface area contributed by atoms with Crippen molar-refractivity contribution in [2.75, 3.05) is 0 Å². The van der Waals surface area contributed by atoms with E-state index in [1.165, 1.54) is 11.1 Å². The Bertz CT molecular complexity index is 565. The van der Waals surface area contributed by atoms with Crippen molar-refractivity contribution in [2.45, 2.75) is 19.3 Å². The molecule has 1 aliphatic rings. The highest BCUT2D eigenvalue weighted by atomic mass is 15.0. The maximum Gasteiger partial charge on any atom is 0.243 e. The van der Waals surface area contributed by atoms with Crippen LogP contribution < -0.4 is 0 Å². The lowest BCUT2D eigenvalue weighted by molar-refractivity contribution is 0.504. The fourth-order valence-electron chi connectivity index (χ4n) is 2.80. The van der Waals surface area contributed by atoms with Crippen molar-refractivity contribution in [3.8, 4) is 0 Å². The molecule has 3 rings (SSSR count). The van der Waals surface area contributed by atoms with Gasteiger partial charge in [0.05, 0.1) is 5.92 Å². The van der Waals surface area contributed by atoms with Crippen LogP contribution >= 0.6 is 0 Å². The topological polar surface area (TPSA) is 24.7 Å². The predicted molar refractivity (Wildman–Crippen MR) is 88.7 cm³/mol. The molecule has 0 saturated carbocycles. The van der Waals surface area contributed by atoms with E-state index < -0.39 is 0 Å². The summed E-state index contributed by atoms with van der Waals surface area (Å²) >= 11 is 0. The van der Waals surface area contributed by atoms with Gasteiger partial charge in [0.1, 0.15) is 0 Å². The minimum atomic E-state index is 0.338. The van der Waals surface area contributed by atoms with Crippen LogP contribution in [0, 0.1) is 12.1 Å². The summed E-state index contributed by atoms with van der Waals surface area (Å²) in [6, 6.07) is 21.4. The van der Waals surface area contributed by atoms with Crippen molar-refractivity contribution in [3.05, 3.63) is 78.0 Å². The van der Waals surface area contributed by atoms with Gasteiger partial charge >= 0.3 is 0 Å². The van der Waals surface area contributed by atoms with Crippen molar-refractivity contribution >= 4 is 12.4 Å². The number of hydrogen-bond acceptors (Lipinski definition) is 2. The Morgan fingerprint density at radius 3 is 1.76 bits per heavy atom. The molecule has 1 heterocycles. The van der Waals surface area contributed by atoms with Crippen LogP contribution in [-0.4, -0.2) is 12.4 Å². The summed E-state index contributed by atoms with van der Waals surface area (Å²) in [5.74, 6) is 0.714. The molecule has 2 aromatic carbocycles. The molecule has 0 N–H and O–H groups in total. The van der Waals surface area contributed by atoms with Crippen molar-refractivity contribution in [1.29, 1.82) is 0 Å². The number of hydrogen-bond donors (Lipinski definition) is 0. The van der Waals surface area contributed by atoms with Gasteiger partial charge in [-0.2, -0.15) is 0 Å². The fraction of sp³-hybridized carbons (Fsp3) is 0.211. The van der Waals surface area contributed by atoms with Crippen molar-refractivity contribution in [3.63, 3.8) is 0 Å². The van der Waals surface area contributed by atoms with Gasteiger partial charge in [0.2, 0.25) is 6.17 Å². The summed E-state index contributed by atoms with van der Waals surface area (Å²) in [6.45, 7) is 2.20. The van der Waals surface area contributed by atoms with E-state index in [4.69, 9.17) is 0 Å². The van der Waals surface area contributed by atoms with Gasteiger partial charge in [-0.1, -0.05) is 70.6 Å². The number of nitrogens with zero attached hydrogens (tertiary/aromatic N) is 2. The summed E-state index contributed by atoms with van der Waals surface area (Å²) in [6.07, 6.45) is 5.49. The Hall–Kier alpha value is -2.35. The van der Waals surface area contributed by atoms with Gasteiger partial charge in [-0.25, -0.2) is 0 Å². The van der Waals surface area contributed by atoms with Crippen LogP contribution in [0.2, 0.25) is 0 Å². The van der Waals surface area contributed by atoms with E-state index >= 15 is 0 Å². The van der Waals surface area contributed by atoms with E-state index in [9.17, 15) is 0 Å². The van der Waals surface area contributed by atoms with E-state index in [-0.39, 0.29) is 0 Å². The Labute approximate surface area is 126 Å². The van der Waals surface area contributed by atoms with Gasteiger partial charge in [0, 0.05) is 5.92 Å². The van der Waals surface area contributed by atoms with E-state index in [2.05, 4.69) is 77.6 Å². The van der Waals surface area contributed by atoms with Crippen molar-refractivity contribution in [2.24, 2.45) is 15.9 Å². The molecule has 2 nitrogen and oxygen atoms in total. The molecule has 2 heteroatoms. The molecule has 0 radical (unpaired) electrons. The molecular weight excluding hydrogens is 256 g/mol. The zero-order valence-corrected chi connectivity index (χ0v) is 12.2. The second kappa shape index (κ2) is 6.40. The van der Waals surface area contributed by atoms with Gasteiger partial charge < -0.3 is 0 Å². The lowest BCUT2D eigenvalue weighted by Crippen LogP contribution is -2.11. The molecule has 1 atom stereocenters. The summed E-state index contributed by atoms with van der Waals surface area (Å²) in [7, 11) is 0. The highest BCUT2D eigenvalue weighted by molar-refractivity contribution is 6.18. The van der Waals surface area contributed by atoms with E-state index in [1.54, 1.807) is 12.4 Å². The third-order valence-electron chi connectivity index (χ3n) is 3.91. The molecule has 1 unspecified atom stereocenters.